The van der Waals surface area contributed by atoms with Gasteiger partial charge in [0.2, 0.25) is 5.91 Å². The number of amides is 1. The number of carbonyl (C=O) groups excluding carboxylic acids is 1. The molecule has 3 N–H and O–H groups in total. The Bertz CT molecular complexity index is 1050. The average molecular weight is 458 g/mol. The van der Waals surface area contributed by atoms with Crippen molar-refractivity contribution in [3.05, 3.63) is 60.6 Å². The molecular formula is C21H22N4O6S. The molecule has 0 unspecified atom stereocenters. The fourth-order valence-corrected chi connectivity index (χ4v) is 3.43. The van der Waals surface area contributed by atoms with Gasteiger partial charge in [-0.25, -0.2) is 14.6 Å². The van der Waals surface area contributed by atoms with Gasteiger partial charge in [-0.2, -0.15) is 0 Å². The fraction of sp³-hybridized carbons (Fsp3) is 0.190. The fourth-order valence-electron chi connectivity index (χ4n) is 2.42. The van der Waals surface area contributed by atoms with Crippen LogP contribution in [0.3, 0.4) is 0 Å². The normalized spacial score (nSPS) is 10.3. The Balaban J connectivity index is 0.000000390. The predicted molar refractivity (Wildman–Crippen MR) is 120 cm³/mol. The van der Waals surface area contributed by atoms with Crippen LogP contribution in [0.5, 0.6) is 0 Å². The summed E-state index contributed by atoms with van der Waals surface area (Å²) in [6, 6.07) is 9.59. The second-order valence-electron chi connectivity index (χ2n) is 6.33. The minimum atomic E-state index is -1.26. The maximum absolute atomic E-state index is 11.3. The highest BCUT2D eigenvalue weighted by molar-refractivity contribution is 7.20. The van der Waals surface area contributed by atoms with Crippen molar-refractivity contribution in [2.45, 2.75) is 13.3 Å². The van der Waals surface area contributed by atoms with E-state index in [-0.39, 0.29) is 5.91 Å². The van der Waals surface area contributed by atoms with Crippen molar-refractivity contribution in [2.75, 3.05) is 23.8 Å². The van der Waals surface area contributed by atoms with Crippen molar-refractivity contribution in [1.82, 2.24) is 9.97 Å². The number of hydrogen-bond donors (Lipinski definition) is 3. The second kappa shape index (κ2) is 12.0. The quantitative estimate of drug-likeness (QED) is 0.433. The molecule has 3 heterocycles. The van der Waals surface area contributed by atoms with Gasteiger partial charge in [0, 0.05) is 51.0 Å². The molecule has 0 saturated carbocycles. The Labute approximate surface area is 187 Å². The zero-order valence-corrected chi connectivity index (χ0v) is 18.2. The Morgan fingerprint density at radius 1 is 1.16 bits per heavy atom. The summed E-state index contributed by atoms with van der Waals surface area (Å²) in [4.78, 5) is 41.4. The number of aliphatic carboxylic acids is 2. The lowest BCUT2D eigenvalue weighted by molar-refractivity contribution is -0.134. The van der Waals surface area contributed by atoms with E-state index in [0.717, 1.165) is 29.4 Å². The number of thiazole rings is 1. The number of hydrogen-bond acceptors (Lipinski definition) is 8. The van der Waals surface area contributed by atoms with Crippen LogP contribution in [0.4, 0.5) is 10.1 Å². The average Bonchev–Trinajstić information content (AvgIpc) is 3.41. The molecule has 3 aromatic heterocycles. The molecular weight excluding hydrogens is 436 g/mol. The summed E-state index contributed by atoms with van der Waals surface area (Å²) in [5, 5.41) is 19.9. The summed E-state index contributed by atoms with van der Waals surface area (Å²) < 4.78 is 5.48. The summed E-state index contributed by atoms with van der Waals surface area (Å²) in [5.41, 5.74) is 1.77. The topological polar surface area (TPSA) is 146 Å². The van der Waals surface area contributed by atoms with E-state index in [0.29, 0.717) is 23.0 Å². The van der Waals surface area contributed by atoms with Gasteiger partial charge in [0.05, 0.1) is 6.26 Å². The van der Waals surface area contributed by atoms with E-state index in [4.69, 9.17) is 14.6 Å². The zero-order valence-electron chi connectivity index (χ0n) is 17.4. The van der Waals surface area contributed by atoms with Crippen LogP contribution in [0.1, 0.15) is 12.6 Å². The van der Waals surface area contributed by atoms with E-state index in [9.17, 15) is 14.4 Å². The molecule has 0 spiro atoms. The number of carboxylic acids is 2. The minimum absolute atomic E-state index is 0.141. The van der Waals surface area contributed by atoms with E-state index in [2.05, 4.69) is 20.2 Å². The smallest absolute Gasteiger partial charge is 0.328 e. The van der Waals surface area contributed by atoms with E-state index < -0.39 is 11.9 Å². The van der Waals surface area contributed by atoms with Gasteiger partial charge >= 0.3 is 11.9 Å². The number of carbonyl (C=O) groups is 3. The van der Waals surface area contributed by atoms with Gasteiger partial charge in [-0.1, -0.05) is 17.4 Å². The van der Waals surface area contributed by atoms with Crippen molar-refractivity contribution in [3.63, 3.8) is 0 Å². The van der Waals surface area contributed by atoms with Crippen molar-refractivity contribution in [2.24, 2.45) is 0 Å². The number of nitrogens with zero attached hydrogens (tertiary/aromatic N) is 3. The molecule has 0 aliphatic rings. The van der Waals surface area contributed by atoms with E-state index >= 15 is 0 Å². The number of nitrogens with one attached hydrogen (secondary N) is 1. The van der Waals surface area contributed by atoms with Gasteiger partial charge in [-0.15, -0.1) is 0 Å². The first-order valence-electron chi connectivity index (χ1n) is 9.33. The largest absolute Gasteiger partial charge is 0.478 e. The summed E-state index contributed by atoms with van der Waals surface area (Å²) in [5.74, 6) is -1.97. The minimum Gasteiger partial charge on any atom is -0.478 e. The van der Waals surface area contributed by atoms with Crippen LogP contribution in [0.25, 0.3) is 11.5 Å². The lowest BCUT2D eigenvalue weighted by Gasteiger charge is -2.17. The number of rotatable bonds is 8. The molecule has 32 heavy (non-hydrogen) atoms. The number of carboxylic acid groups (broad SMARTS) is 2. The third-order valence-electron chi connectivity index (χ3n) is 3.79. The van der Waals surface area contributed by atoms with Gasteiger partial charge in [-0.05, 0) is 24.3 Å². The first-order valence-corrected chi connectivity index (χ1v) is 10.1. The second-order valence-corrected chi connectivity index (χ2v) is 7.31. The third-order valence-corrected chi connectivity index (χ3v) is 4.88. The Morgan fingerprint density at radius 2 is 1.88 bits per heavy atom. The number of pyridine rings is 1. The van der Waals surface area contributed by atoms with Gasteiger partial charge in [-0.3, -0.25) is 9.78 Å². The lowest BCUT2D eigenvalue weighted by Crippen LogP contribution is -2.20. The molecule has 168 valence electrons. The zero-order chi connectivity index (χ0) is 23.5. The third kappa shape index (κ3) is 8.03. The molecule has 0 radical (unpaired) electrons. The summed E-state index contributed by atoms with van der Waals surface area (Å²) >= 11 is 1.43. The molecule has 0 fully saturated rings. The molecule has 3 rings (SSSR count). The standard InChI is InChI=1S/C17H18N4O2S.C4H4O4/c1-12(22)19-17-20-15(14-7-5-11-23-14)16(24-17)21(2)10-8-13-6-3-4-9-18-13;5-3(6)1-2-4(7)8/h3-7,9,11H,8,10H2,1-2H3,(H,19,20,22);1-2H,(H,5,6)(H,7,8)/b;2-1+. The summed E-state index contributed by atoms with van der Waals surface area (Å²) in [7, 11) is 2.00. The molecule has 0 bridgehead atoms. The number of likely N-dealkylation sites (N-methyl/N-ethyl adjacent to an activating group) is 1. The van der Waals surface area contributed by atoms with Gasteiger partial charge in [0.15, 0.2) is 10.9 Å². The number of aromatic nitrogens is 2. The van der Waals surface area contributed by atoms with Crippen LogP contribution in [0, 0.1) is 0 Å². The molecule has 0 aliphatic carbocycles. The van der Waals surface area contributed by atoms with Crippen molar-refractivity contribution < 1.29 is 29.0 Å². The van der Waals surface area contributed by atoms with Crippen molar-refractivity contribution >= 4 is 39.3 Å². The summed E-state index contributed by atoms with van der Waals surface area (Å²) in [6.45, 7) is 2.25. The molecule has 1 amide bonds. The Morgan fingerprint density at radius 3 is 2.41 bits per heavy atom. The molecule has 0 aliphatic heterocycles. The number of anilines is 2. The summed E-state index contributed by atoms with van der Waals surface area (Å²) in [6.07, 6.45) is 5.35. The maximum Gasteiger partial charge on any atom is 0.328 e. The molecule has 11 heteroatoms. The van der Waals surface area contributed by atoms with Crippen LogP contribution in [-0.2, 0) is 20.8 Å². The van der Waals surface area contributed by atoms with Crippen molar-refractivity contribution in [3.8, 4) is 11.5 Å². The molecule has 0 atom stereocenters. The van der Waals surface area contributed by atoms with Gasteiger partial charge in [0.25, 0.3) is 0 Å². The highest BCUT2D eigenvalue weighted by Gasteiger charge is 2.19. The van der Waals surface area contributed by atoms with Crippen molar-refractivity contribution in [1.29, 1.82) is 0 Å². The maximum atomic E-state index is 11.3. The van der Waals surface area contributed by atoms with Crippen LogP contribution < -0.4 is 10.2 Å². The van der Waals surface area contributed by atoms with Crippen LogP contribution in [0.2, 0.25) is 0 Å². The Hall–Kier alpha value is -3.99. The van der Waals surface area contributed by atoms with E-state index in [1.165, 1.54) is 18.3 Å². The van der Waals surface area contributed by atoms with Crippen LogP contribution in [-0.4, -0.2) is 51.6 Å². The SMILES string of the molecule is CC(=O)Nc1nc(-c2ccco2)c(N(C)CCc2ccccn2)s1.O=C(O)/C=C/C(=O)O. The lowest BCUT2D eigenvalue weighted by atomic mass is 10.2. The molecule has 10 nitrogen and oxygen atoms in total. The monoisotopic (exact) mass is 458 g/mol. The van der Waals surface area contributed by atoms with Gasteiger partial charge < -0.3 is 24.8 Å². The van der Waals surface area contributed by atoms with Crippen LogP contribution >= 0.6 is 11.3 Å². The molecule has 3 aromatic rings. The predicted octanol–water partition coefficient (Wildman–Crippen LogP) is 3.15. The highest BCUT2D eigenvalue weighted by Crippen LogP contribution is 2.38. The first kappa shape index (κ1) is 24.3. The van der Waals surface area contributed by atoms with E-state index in [1.54, 1.807) is 12.5 Å². The number of furan rings is 1. The van der Waals surface area contributed by atoms with E-state index in [1.807, 2.05) is 37.4 Å². The molecule has 0 aromatic carbocycles. The Kier molecular flexibility index (Phi) is 9.11. The van der Waals surface area contributed by atoms with Gasteiger partial charge in [0.1, 0.15) is 10.7 Å². The molecule has 0 saturated heterocycles. The highest BCUT2D eigenvalue weighted by atomic mass is 32.1. The van der Waals surface area contributed by atoms with Crippen LogP contribution in [0.15, 0.2) is 59.4 Å². The first-order chi connectivity index (χ1) is 15.3.